The van der Waals surface area contributed by atoms with Crippen molar-refractivity contribution in [1.82, 2.24) is 41.5 Å². The molecule has 10 aliphatic heterocycles. The van der Waals surface area contributed by atoms with Gasteiger partial charge >= 0.3 is 0 Å². The third-order valence-corrected chi connectivity index (χ3v) is 26.7. The van der Waals surface area contributed by atoms with E-state index in [0.717, 1.165) is 186 Å². The molecule has 5 saturated heterocycles. The van der Waals surface area contributed by atoms with Crippen molar-refractivity contribution in [2.45, 2.75) is 61.7 Å². The van der Waals surface area contributed by atoms with E-state index in [9.17, 15) is 24.0 Å². The fourth-order valence-electron chi connectivity index (χ4n) is 16.5. The highest BCUT2D eigenvalue weighted by atomic mass is 35.5. The van der Waals surface area contributed by atoms with E-state index in [2.05, 4.69) is 79.3 Å². The number of thiazole rings is 1. The minimum absolute atomic E-state index is 0.00257. The fourth-order valence-corrected chi connectivity index (χ4v) is 19.8. The number of hydrogen-bond donors (Lipinski definition) is 6. The molecule has 10 aromatic rings. The maximum atomic E-state index is 12.5. The Morgan fingerprint density at radius 3 is 1.20 bits per heavy atom. The van der Waals surface area contributed by atoms with Crippen LogP contribution in [0, 0.1) is 0 Å². The Hall–Kier alpha value is -9.20. The van der Waals surface area contributed by atoms with Crippen molar-refractivity contribution in [3.05, 3.63) is 248 Å². The first kappa shape index (κ1) is 84.4. The summed E-state index contributed by atoms with van der Waals surface area (Å²) < 4.78 is 39.2. The van der Waals surface area contributed by atoms with E-state index < -0.39 is 0 Å². The van der Waals surface area contributed by atoms with Crippen LogP contribution in [0.25, 0.3) is 0 Å². The van der Waals surface area contributed by atoms with Crippen LogP contribution < -0.4 is 51.1 Å². The smallest absolute Gasteiger partial charge is 0.298 e. The van der Waals surface area contributed by atoms with Crippen molar-refractivity contribution in [3.8, 4) is 0 Å². The van der Waals surface area contributed by atoms with Crippen LogP contribution in [0.15, 0.2) is 148 Å². The lowest BCUT2D eigenvalue weighted by atomic mass is 9.91. The number of rotatable bonds is 10. The van der Waals surface area contributed by atoms with Gasteiger partial charge in [-0.05, 0) is 133 Å². The summed E-state index contributed by atoms with van der Waals surface area (Å²) in [5, 5.41) is 20.5. The van der Waals surface area contributed by atoms with Gasteiger partial charge in [0.05, 0.1) is 87.8 Å². The summed E-state index contributed by atoms with van der Waals surface area (Å²) in [5.41, 5.74) is 9.89. The molecule has 630 valence electrons. The molecule has 5 atom stereocenters. The fraction of sp³-hybridized carbons (Fsp3) is 0.398. The number of anilines is 5. The van der Waals surface area contributed by atoms with Gasteiger partial charge in [0.15, 0.2) is 16.7 Å². The number of carbonyl (C=O) groups is 5. The van der Waals surface area contributed by atoms with Gasteiger partial charge in [-0.2, -0.15) is 4.98 Å². The molecule has 5 unspecified atom stereocenters. The second-order valence-corrected chi connectivity index (χ2v) is 34.6. The molecule has 10 aliphatic rings. The lowest BCUT2D eigenvalue weighted by Crippen LogP contribution is -2.36. The summed E-state index contributed by atoms with van der Waals surface area (Å²) in [5.74, 6) is 3.44. The maximum Gasteiger partial charge on any atom is 0.298 e. The Bertz CT molecular complexity index is 4430. The number of benzene rings is 5. The first-order valence-electron chi connectivity index (χ1n) is 40.9. The van der Waals surface area contributed by atoms with Crippen LogP contribution in [0.5, 0.6) is 0 Å². The minimum Gasteiger partial charge on any atom is -0.444 e. The van der Waals surface area contributed by atoms with Crippen molar-refractivity contribution in [3.63, 3.8) is 0 Å². The number of morpholine rings is 5. The van der Waals surface area contributed by atoms with Crippen LogP contribution >= 0.6 is 80.7 Å². The second kappa shape index (κ2) is 39.8. The number of aromatic nitrogens is 3. The number of oxazole rings is 1. The van der Waals surface area contributed by atoms with E-state index in [-0.39, 0.29) is 59.1 Å². The van der Waals surface area contributed by atoms with Crippen LogP contribution in [0.3, 0.4) is 0 Å². The summed E-state index contributed by atoms with van der Waals surface area (Å²) in [4.78, 5) is 87.8. The second-order valence-electron chi connectivity index (χ2n) is 30.4. The van der Waals surface area contributed by atoms with Gasteiger partial charge in [-0.3, -0.25) is 24.0 Å². The summed E-state index contributed by atoms with van der Waals surface area (Å²) in [6.45, 7) is 18.3. The number of furan rings is 1. The summed E-state index contributed by atoms with van der Waals surface area (Å²) in [6.07, 6.45) is 4.20. The summed E-state index contributed by atoms with van der Waals surface area (Å²) >= 11 is 33.4. The van der Waals surface area contributed by atoms with Crippen molar-refractivity contribution in [2.24, 2.45) is 0 Å². The molecule has 5 aromatic carbocycles. The minimum atomic E-state index is -0.176. The van der Waals surface area contributed by atoms with Crippen LogP contribution in [-0.2, 0) is 23.7 Å². The molecular weight excluding hydrogens is 1670 g/mol. The molecule has 25 nitrogen and oxygen atoms in total. The van der Waals surface area contributed by atoms with Gasteiger partial charge in [0.25, 0.3) is 35.6 Å². The van der Waals surface area contributed by atoms with Crippen molar-refractivity contribution in [1.29, 1.82) is 0 Å². The first-order valence-corrected chi connectivity index (χ1v) is 44.5. The number of ether oxygens (including phenoxy) is 5. The number of hydrogen-bond acceptors (Lipinski definition) is 21. The molecule has 0 radical (unpaired) electrons. The van der Waals surface area contributed by atoms with Gasteiger partial charge in [-0.15, -0.1) is 22.7 Å². The highest BCUT2D eigenvalue weighted by molar-refractivity contribution is 7.16. The molecule has 0 spiro atoms. The Kier molecular flexibility index (Phi) is 28.0. The number of halogens is 5. The van der Waals surface area contributed by atoms with E-state index in [1.807, 2.05) is 126 Å². The number of aromatic amines is 1. The van der Waals surface area contributed by atoms with Crippen LogP contribution in [-0.4, -0.2) is 209 Å². The SMILES string of the molecule is O=C1NCCC(c2ccc(Cl)cc2)c2[nH]c(N3CCOCC3)cc21.O=C1NCCC(c2ccc(Cl)cc2)c2oc(N3CCOCC3)cc21.O=C1NCCC(c2ccc(Cl)cc2)c2oc(N3CCOCC3)nc21.O=C1NCCC(c2ccc(Cl)cc2)c2sc(N3CCOCC3)cc21.O=C1NCCC(c2ccc(Cl)cc2)c2sc(N3CCOCC3)nc21. The predicted molar refractivity (Wildman–Crippen MR) is 469 cm³/mol. The van der Waals surface area contributed by atoms with Crippen LogP contribution in [0.1, 0.15) is 169 Å². The lowest BCUT2D eigenvalue weighted by Gasteiger charge is -2.27. The molecule has 5 aromatic heterocycles. The van der Waals surface area contributed by atoms with Gasteiger partial charge in [-0.1, -0.05) is 119 Å². The zero-order valence-corrected chi connectivity index (χ0v) is 71.5. The number of H-pyrrole nitrogens is 1. The number of carbonyl (C=O) groups excluding carboxylic acids is 5. The lowest BCUT2D eigenvalue weighted by molar-refractivity contribution is 0.0943. The molecule has 0 aliphatic carbocycles. The summed E-state index contributed by atoms with van der Waals surface area (Å²) in [7, 11) is 0. The molecule has 120 heavy (non-hydrogen) atoms. The normalized spacial score (nSPS) is 21.1. The first-order chi connectivity index (χ1) is 58.6. The Morgan fingerprint density at radius 2 is 0.708 bits per heavy atom. The van der Waals surface area contributed by atoms with E-state index >= 15 is 0 Å². The Morgan fingerprint density at radius 1 is 0.333 bits per heavy atom. The van der Waals surface area contributed by atoms with Crippen LogP contribution in [0.4, 0.5) is 27.8 Å². The molecule has 6 N–H and O–H groups in total. The molecule has 0 bridgehead atoms. The van der Waals surface area contributed by atoms with Crippen molar-refractivity contribution in [2.75, 3.05) is 189 Å². The third-order valence-electron chi connectivity index (χ3n) is 22.9. The zero-order valence-electron chi connectivity index (χ0n) is 66.1. The highest BCUT2D eigenvalue weighted by Crippen LogP contribution is 2.45. The quantitative estimate of drug-likeness (QED) is 0.0742. The molecule has 5 amide bonds. The largest absolute Gasteiger partial charge is 0.444 e. The van der Waals surface area contributed by atoms with Crippen molar-refractivity contribution < 1.29 is 56.5 Å². The molecular formula is C88H94Cl5N13O12S2. The predicted octanol–water partition coefficient (Wildman–Crippen LogP) is 14.6. The number of fused-ring (bicyclic) bond motifs is 5. The molecule has 15 heterocycles. The molecule has 0 saturated carbocycles. The van der Waals surface area contributed by atoms with Gasteiger partial charge in [-0.25, -0.2) is 4.98 Å². The zero-order chi connectivity index (χ0) is 82.6. The van der Waals surface area contributed by atoms with Crippen LogP contribution in [0.2, 0.25) is 25.1 Å². The summed E-state index contributed by atoms with van der Waals surface area (Å²) in [6, 6.07) is 45.6. The van der Waals surface area contributed by atoms with Gasteiger partial charge < -0.3 is 88.6 Å². The molecule has 20 rings (SSSR count). The standard InChI is InChI=1S/C18H20ClN3O2.C18H19ClN2O3.C18H19ClN2O2S.C17H18ClN3O3.C17H18ClN3O2S/c19-13-3-1-12(2-4-13)14-5-6-20-18(23)15-11-16(21-17(14)15)22-7-9-24-10-8-22;2*19-13-3-1-12(2-4-13)14-5-6-20-18(22)15-11-16(24-17(14)15)21-7-9-23-10-8-21;2*18-12-3-1-11(2-4-12)13-5-6-19-16(22)14-15(13)24-17(20-14)21-7-9-23-10-8-21/h1-4,11,14,21H,5-10H2,(H,20,23);2*1-4,11,14H,5-10H2,(H,20,22);2*1-4,13H,5-10H2,(H,19,22). The number of amides is 5. The van der Waals surface area contributed by atoms with E-state index in [0.29, 0.717) is 124 Å². The topological polar surface area (TPSA) is 276 Å². The average Bonchev–Trinajstić information content (AvgIpc) is 1.72. The average molecular weight is 1770 g/mol. The van der Waals surface area contributed by atoms with E-state index in [4.69, 9.17) is 90.5 Å². The monoisotopic (exact) mass is 1760 g/mol. The molecule has 32 heteroatoms. The van der Waals surface area contributed by atoms with E-state index in [1.54, 1.807) is 22.7 Å². The van der Waals surface area contributed by atoms with Gasteiger partial charge in [0.1, 0.15) is 23.0 Å². The highest BCUT2D eigenvalue weighted by Gasteiger charge is 2.37. The maximum absolute atomic E-state index is 12.5. The van der Waals surface area contributed by atoms with Gasteiger partial charge in [0.2, 0.25) is 0 Å². The number of nitrogens with one attached hydrogen (secondary N) is 6. The Labute approximate surface area is 728 Å². The number of thiophene rings is 1. The van der Waals surface area contributed by atoms with E-state index in [1.165, 1.54) is 21.7 Å². The third kappa shape index (κ3) is 20.1. The molecule has 5 fully saturated rings. The number of nitrogens with zero attached hydrogens (tertiary/aromatic N) is 7. The van der Waals surface area contributed by atoms with Gasteiger partial charge in [0, 0.05) is 174 Å². The van der Waals surface area contributed by atoms with Crippen molar-refractivity contribution >= 4 is 138 Å². The Balaban J connectivity index is 0.000000112.